The minimum absolute atomic E-state index is 0.000332. The van der Waals surface area contributed by atoms with Crippen molar-refractivity contribution >= 4 is 17.7 Å². The molecule has 148 valence electrons. The molecule has 0 saturated carbocycles. The van der Waals surface area contributed by atoms with E-state index >= 15 is 0 Å². The second kappa shape index (κ2) is 6.19. The van der Waals surface area contributed by atoms with Gasteiger partial charge in [0, 0.05) is 42.8 Å². The van der Waals surface area contributed by atoms with Crippen LogP contribution in [0.3, 0.4) is 0 Å². The number of hydrogen-bond donors (Lipinski definition) is 1. The predicted octanol–water partition coefficient (Wildman–Crippen LogP) is 0.188. The highest BCUT2D eigenvalue weighted by Gasteiger charge is 2.75. The number of piperazine rings is 1. The molecule has 0 bridgehead atoms. The number of nitrogens with zero attached hydrogens (tertiary/aromatic N) is 2. The number of hydrogen-bond acceptors (Lipinski definition) is 7. The number of primary amides is 1. The Labute approximate surface area is 163 Å². The van der Waals surface area contributed by atoms with Gasteiger partial charge in [-0.25, -0.2) is 4.79 Å². The van der Waals surface area contributed by atoms with Crippen LogP contribution >= 0.6 is 0 Å². The molecule has 2 N–H and O–H groups in total. The van der Waals surface area contributed by atoms with Crippen LogP contribution in [0.5, 0.6) is 0 Å². The van der Waals surface area contributed by atoms with Gasteiger partial charge in [-0.05, 0) is 20.4 Å². The van der Waals surface area contributed by atoms with Gasteiger partial charge in [-0.2, -0.15) is 0 Å². The number of rotatable bonds is 5. The van der Waals surface area contributed by atoms with Crippen LogP contribution in [0.1, 0.15) is 19.8 Å². The molecular weight excluding hydrogens is 362 g/mol. The fourth-order valence-electron chi connectivity index (χ4n) is 5.26. The summed E-state index contributed by atoms with van der Waals surface area (Å²) >= 11 is 0. The number of nitrogens with two attached hydrogens (primary N) is 1. The van der Waals surface area contributed by atoms with Crippen LogP contribution in [0.25, 0.3) is 0 Å². The Hall–Kier alpha value is -2.63. The lowest BCUT2D eigenvalue weighted by Gasteiger charge is -2.40. The molecule has 4 rings (SSSR count). The van der Waals surface area contributed by atoms with E-state index in [1.807, 2.05) is 11.9 Å². The van der Waals surface area contributed by atoms with Gasteiger partial charge in [-0.3, -0.25) is 14.5 Å². The molecule has 0 radical (unpaired) electrons. The third kappa shape index (κ3) is 2.17. The Balaban J connectivity index is 1.81. The summed E-state index contributed by atoms with van der Waals surface area (Å²) in [6.07, 6.45) is 5.12. The number of ketones is 2. The number of likely N-dealkylation sites (N-methyl/N-ethyl adjacent to an activating group) is 1. The fourth-order valence-corrected chi connectivity index (χ4v) is 5.26. The molecule has 5 atom stereocenters. The van der Waals surface area contributed by atoms with Crippen molar-refractivity contribution in [1.29, 1.82) is 0 Å². The number of methoxy groups -OCH3 is 1. The second-order valence-electron chi connectivity index (χ2n) is 7.66. The molecule has 3 heterocycles. The summed E-state index contributed by atoms with van der Waals surface area (Å²) in [4.78, 5) is 42.0. The van der Waals surface area contributed by atoms with Gasteiger partial charge < -0.3 is 20.1 Å². The Morgan fingerprint density at radius 2 is 2.11 bits per heavy atom. The van der Waals surface area contributed by atoms with E-state index in [9.17, 15) is 14.4 Å². The van der Waals surface area contributed by atoms with Crippen LogP contribution in [0.2, 0.25) is 0 Å². The van der Waals surface area contributed by atoms with E-state index in [4.69, 9.17) is 21.6 Å². The third-order valence-corrected chi connectivity index (χ3v) is 6.59. The molecule has 8 heteroatoms. The maximum absolute atomic E-state index is 13.4. The van der Waals surface area contributed by atoms with Crippen molar-refractivity contribution in [1.82, 2.24) is 9.80 Å². The summed E-state index contributed by atoms with van der Waals surface area (Å²) in [7, 11) is 3.54. The zero-order valence-corrected chi connectivity index (χ0v) is 16.2. The zero-order chi connectivity index (χ0) is 20.4. The van der Waals surface area contributed by atoms with Gasteiger partial charge in [0.1, 0.15) is 6.61 Å². The highest BCUT2D eigenvalue weighted by molar-refractivity contribution is 6.25. The van der Waals surface area contributed by atoms with Gasteiger partial charge in [0.25, 0.3) is 0 Å². The van der Waals surface area contributed by atoms with Gasteiger partial charge in [0.15, 0.2) is 11.5 Å². The number of Topliss-reactive ketones (excluding diaryl/α,β-unsaturated/α-hetero) is 2. The molecule has 1 aliphatic carbocycles. The number of amides is 1. The predicted molar refractivity (Wildman–Crippen MR) is 98.6 cm³/mol. The summed E-state index contributed by atoms with van der Waals surface area (Å²) in [5, 5.41) is 0. The van der Waals surface area contributed by atoms with Crippen LogP contribution in [0.15, 0.2) is 22.4 Å². The van der Waals surface area contributed by atoms with Crippen LogP contribution in [-0.2, 0) is 19.1 Å². The van der Waals surface area contributed by atoms with E-state index in [2.05, 4.69) is 10.8 Å². The van der Waals surface area contributed by atoms with Crippen molar-refractivity contribution in [2.45, 2.75) is 37.6 Å². The molecule has 8 nitrogen and oxygen atoms in total. The molecule has 1 amide bonds. The van der Waals surface area contributed by atoms with Crippen LogP contribution in [0, 0.1) is 18.3 Å². The quantitative estimate of drug-likeness (QED) is 0.409. The Bertz CT molecular complexity index is 898. The van der Waals surface area contributed by atoms with E-state index in [0.29, 0.717) is 41.8 Å². The summed E-state index contributed by atoms with van der Waals surface area (Å²) in [6, 6.07) is 0.222. The molecule has 4 aliphatic rings. The van der Waals surface area contributed by atoms with Gasteiger partial charge >= 0.3 is 6.09 Å². The minimum Gasteiger partial charge on any atom is -0.449 e. The Morgan fingerprint density at radius 1 is 1.39 bits per heavy atom. The first-order valence-electron chi connectivity index (χ1n) is 9.24. The van der Waals surface area contributed by atoms with Crippen molar-refractivity contribution in [2.24, 2.45) is 11.7 Å². The molecule has 0 spiro atoms. The van der Waals surface area contributed by atoms with E-state index in [0.717, 1.165) is 0 Å². The average Bonchev–Trinajstić information content (AvgIpc) is 3.04. The molecule has 0 aromatic rings. The highest BCUT2D eigenvalue weighted by atomic mass is 16.6. The first kappa shape index (κ1) is 18.7. The Morgan fingerprint density at radius 3 is 2.71 bits per heavy atom. The number of carbonyl (C=O) groups excluding carboxylic acids is 3. The van der Waals surface area contributed by atoms with Crippen molar-refractivity contribution in [3.05, 3.63) is 22.4 Å². The third-order valence-electron chi connectivity index (χ3n) is 6.59. The van der Waals surface area contributed by atoms with Crippen LogP contribution in [0.4, 0.5) is 4.79 Å². The maximum Gasteiger partial charge on any atom is 0.404 e. The maximum atomic E-state index is 13.4. The smallest absolute Gasteiger partial charge is 0.404 e. The van der Waals surface area contributed by atoms with Crippen LogP contribution in [-0.4, -0.2) is 72.6 Å². The topological polar surface area (TPSA) is 102 Å². The fraction of sp³-hybridized carbons (Fsp3) is 0.550. The van der Waals surface area contributed by atoms with Crippen molar-refractivity contribution in [3.8, 4) is 12.3 Å². The molecular formula is C20H23N3O5. The average molecular weight is 385 g/mol. The lowest BCUT2D eigenvalue weighted by molar-refractivity contribution is -0.144. The Kier molecular flexibility index (Phi) is 4.14. The summed E-state index contributed by atoms with van der Waals surface area (Å²) < 4.78 is 11.1. The molecule has 3 aliphatic heterocycles. The summed E-state index contributed by atoms with van der Waals surface area (Å²) in [5.41, 5.74) is 5.82. The molecule has 0 aromatic carbocycles. The molecule has 1 unspecified atom stereocenters. The van der Waals surface area contributed by atoms with Gasteiger partial charge in [0.05, 0.1) is 17.7 Å². The zero-order valence-electron chi connectivity index (χ0n) is 16.2. The SMILES string of the molecule is C#CCCC1=C(C)C(=O)C2=C(C1=O)[C@@H](COC(N)=O)[C@@]1(OC)[C@@H]3[C@H](CN21)N3C. The minimum atomic E-state index is -0.938. The standard InChI is InChI=1S/C20H23N3O5/c1-5-6-7-11-10(2)16(24)15-14(17(11)25)12(9-28-19(21)26)20(27-4)18-13(22(18)3)8-23(15)20/h1,12-13,18H,6-9H2,2-4H3,(H2,21,26)/t12-,13+,18+,20-,22?/m1/s1. The normalized spacial score (nSPS) is 35.6. The largest absolute Gasteiger partial charge is 0.449 e. The molecule has 2 fully saturated rings. The number of terminal acetylenes is 1. The van der Waals surface area contributed by atoms with Crippen molar-refractivity contribution in [3.63, 3.8) is 0 Å². The van der Waals surface area contributed by atoms with Gasteiger partial charge in [-0.15, -0.1) is 12.3 Å². The lowest BCUT2D eigenvalue weighted by atomic mass is 9.79. The lowest BCUT2D eigenvalue weighted by Crippen LogP contribution is -2.55. The van der Waals surface area contributed by atoms with E-state index < -0.39 is 17.7 Å². The van der Waals surface area contributed by atoms with E-state index in [1.54, 1.807) is 14.0 Å². The number of allylic oxidation sites excluding steroid dienone is 2. The monoisotopic (exact) mass is 385 g/mol. The molecule has 28 heavy (non-hydrogen) atoms. The summed E-state index contributed by atoms with van der Waals surface area (Å²) in [5.74, 6) is 1.51. The van der Waals surface area contributed by atoms with Crippen molar-refractivity contribution < 1.29 is 23.9 Å². The molecule has 0 aromatic heterocycles. The number of fused-ring (bicyclic) bond motifs is 4. The summed E-state index contributed by atoms with van der Waals surface area (Å²) in [6.45, 7) is 2.11. The van der Waals surface area contributed by atoms with E-state index in [-0.39, 0.29) is 30.3 Å². The second-order valence-corrected chi connectivity index (χ2v) is 7.66. The first-order valence-corrected chi connectivity index (χ1v) is 9.24. The number of carbonyl (C=O) groups is 3. The van der Waals surface area contributed by atoms with Gasteiger partial charge in [-0.1, -0.05) is 0 Å². The van der Waals surface area contributed by atoms with Crippen LogP contribution < -0.4 is 5.73 Å². The van der Waals surface area contributed by atoms with E-state index in [1.165, 1.54) is 0 Å². The molecule has 2 saturated heterocycles. The first-order chi connectivity index (χ1) is 13.3. The highest BCUT2D eigenvalue weighted by Crippen LogP contribution is 2.59. The van der Waals surface area contributed by atoms with Gasteiger partial charge in [0.2, 0.25) is 5.78 Å². The number of ether oxygens (including phenoxy) is 2. The van der Waals surface area contributed by atoms with Crippen molar-refractivity contribution in [2.75, 3.05) is 27.3 Å².